The second-order valence-corrected chi connectivity index (χ2v) is 9.00. The maximum atomic E-state index is 11.7. The molecule has 2 atom stereocenters. The van der Waals surface area contributed by atoms with Crippen LogP contribution in [0.25, 0.3) is 0 Å². The summed E-state index contributed by atoms with van der Waals surface area (Å²) in [5, 5.41) is 4.42. The molecule has 0 spiro atoms. The summed E-state index contributed by atoms with van der Waals surface area (Å²) in [6, 6.07) is 12.4. The Balaban J connectivity index is 1.40. The molecular weight excluding hydrogens is 368 g/mol. The minimum absolute atomic E-state index is 0.216. The lowest BCUT2D eigenvalue weighted by molar-refractivity contribution is -0.130. The highest BCUT2D eigenvalue weighted by Gasteiger charge is 2.39. The van der Waals surface area contributed by atoms with Crippen molar-refractivity contribution >= 4 is 17.2 Å². The molecule has 2 aromatic rings. The summed E-state index contributed by atoms with van der Waals surface area (Å²) in [4.78, 5) is 16.3. The van der Waals surface area contributed by atoms with Gasteiger partial charge < -0.3 is 9.64 Å². The van der Waals surface area contributed by atoms with Crippen molar-refractivity contribution in [2.45, 2.75) is 26.3 Å². The third-order valence-electron chi connectivity index (χ3n) is 6.35. The molecule has 1 aromatic carbocycles. The summed E-state index contributed by atoms with van der Waals surface area (Å²) in [5.74, 6) is 3.06. The van der Waals surface area contributed by atoms with Gasteiger partial charge in [-0.1, -0.05) is 18.2 Å². The van der Waals surface area contributed by atoms with Gasteiger partial charge in [-0.2, -0.15) is 11.3 Å². The third-order valence-corrected chi connectivity index (χ3v) is 7.08. The fraction of sp³-hybridized carbons (Fsp3) is 0.522. The SMILES string of the molecule is CC(=O)N1CCC(C2CN(Cc3ccsc3)CC2COc2ccccc2)CC1. The molecule has 5 heteroatoms. The van der Waals surface area contributed by atoms with E-state index in [4.69, 9.17) is 4.74 Å². The van der Waals surface area contributed by atoms with Gasteiger partial charge in [0.25, 0.3) is 0 Å². The number of para-hydroxylation sites is 1. The van der Waals surface area contributed by atoms with Crippen molar-refractivity contribution in [1.82, 2.24) is 9.80 Å². The van der Waals surface area contributed by atoms with Crippen molar-refractivity contribution in [2.75, 3.05) is 32.8 Å². The quantitative estimate of drug-likeness (QED) is 0.733. The van der Waals surface area contributed by atoms with E-state index in [1.165, 1.54) is 5.56 Å². The van der Waals surface area contributed by atoms with Gasteiger partial charge in [0.05, 0.1) is 6.61 Å². The number of benzene rings is 1. The zero-order valence-electron chi connectivity index (χ0n) is 16.6. The molecule has 2 unspecified atom stereocenters. The predicted octanol–water partition coefficient (Wildman–Crippen LogP) is 4.13. The number of likely N-dealkylation sites (tertiary alicyclic amines) is 2. The third kappa shape index (κ3) is 4.76. The number of ether oxygens (including phenoxy) is 1. The van der Waals surface area contributed by atoms with Crippen LogP contribution in [0.15, 0.2) is 47.2 Å². The fourth-order valence-corrected chi connectivity index (χ4v) is 5.49. The molecule has 2 saturated heterocycles. The van der Waals surface area contributed by atoms with E-state index in [0.29, 0.717) is 17.8 Å². The molecule has 2 aliphatic rings. The van der Waals surface area contributed by atoms with Gasteiger partial charge in [0, 0.05) is 45.6 Å². The minimum Gasteiger partial charge on any atom is -0.493 e. The van der Waals surface area contributed by atoms with Gasteiger partial charge in [0.1, 0.15) is 5.75 Å². The first-order chi connectivity index (χ1) is 13.7. The smallest absolute Gasteiger partial charge is 0.219 e. The van der Waals surface area contributed by atoms with Crippen LogP contribution in [0.5, 0.6) is 5.75 Å². The van der Waals surface area contributed by atoms with E-state index in [0.717, 1.165) is 57.9 Å². The molecule has 1 aromatic heterocycles. The average Bonchev–Trinajstić information content (AvgIpc) is 3.37. The zero-order chi connectivity index (χ0) is 19.3. The van der Waals surface area contributed by atoms with Crippen molar-refractivity contribution in [2.24, 2.45) is 17.8 Å². The zero-order valence-corrected chi connectivity index (χ0v) is 17.4. The number of piperidine rings is 1. The van der Waals surface area contributed by atoms with Crippen LogP contribution in [-0.2, 0) is 11.3 Å². The molecule has 0 N–H and O–H groups in total. The molecule has 3 heterocycles. The summed E-state index contributed by atoms with van der Waals surface area (Å²) in [7, 11) is 0. The van der Waals surface area contributed by atoms with Gasteiger partial charge >= 0.3 is 0 Å². The van der Waals surface area contributed by atoms with Crippen molar-refractivity contribution in [1.29, 1.82) is 0 Å². The molecule has 0 saturated carbocycles. The normalized spacial score (nSPS) is 23.8. The molecule has 2 fully saturated rings. The van der Waals surface area contributed by atoms with Gasteiger partial charge in [-0.15, -0.1) is 0 Å². The average molecular weight is 399 g/mol. The Morgan fingerprint density at radius 2 is 1.93 bits per heavy atom. The highest BCUT2D eigenvalue weighted by molar-refractivity contribution is 7.07. The van der Waals surface area contributed by atoms with E-state index in [1.54, 1.807) is 18.3 Å². The van der Waals surface area contributed by atoms with Crippen LogP contribution in [0.3, 0.4) is 0 Å². The first-order valence-electron chi connectivity index (χ1n) is 10.4. The number of carbonyl (C=O) groups is 1. The highest BCUT2D eigenvalue weighted by atomic mass is 32.1. The Bertz CT molecular complexity index is 741. The number of amides is 1. The van der Waals surface area contributed by atoms with Gasteiger partial charge in [-0.3, -0.25) is 9.69 Å². The summed E-state index contributed by atoms with van der Waals surface area (Å²) in [6.45, 7) is 7.56. The van der Waals surface area contributed by atoms with E-state index in [1.807, 2.05) is 35.2 Å². The number of rotatable bonds is 6. The van der Waals surface area contributed by atoms with Crippen molar-refractivity contribution in [3.8, 4) is 5.75 Å². The molecular formula is C23H30N2O2S. The topological polar surface area (TPSA) is 32.8 Å². The molecule has 4 rings (SSSR count). The standard InChI is InChI=1S/C23H30N2O2S/c1-18(26)25-10-7-20(8-11-25)23-15-24(13-19-9-12-28-17-19)14-21(23)16-27-22-5-3-2-4-6-22/h2-6,9,12,17,20-21,23H,7-8,10-11,13-16H2,1H3. The summed E-state index contributed by atoms with van der Waals surface area (Å²) >= 11 is 1.77. The highest BCUT2D eigenvalue weighted by Crippen LogP contribution is 2.37. The Morgan fingerprint density at radius 1 is 1.14 bits per heavy atom. The lowest BCUT2D eigenvalue weighted by Crippen LogP contribution is -2.40. The molecule has 0 aliphatic carbocycles. The van der Waals surface area contributed by atoms with Crippen LogP contribution in [0, 0.1) is 17.8 Å². The molecule has 0 radical (unpaired) electrons. The van der Waals surface area contributed by atoms with Crippen LogP contribution in [0.4, 0.5) is 0 Å². The first-order valence-corrected chi connectivity index (χ1v) is 11.3. The molecule has 1 amide bonds. The maximum Gasteiger partial charge on any atom is 0.219 e. The largest absolute Gasteiger partial charge is 0.493 e. The monoisotopic (exact) mass is 398 g/mol. The van der Waals surface area contributed by atoms with Crippen LogP contribution in [0.2, 0.25) is 0 Å². The van der Waals surface area contributed by atoms with Gasteiger partial charge in [-0.05, 0) is 59.2 Å². The Kier molecular flexibility index (Phi) is 6.33. The van der Waals surface area contributed by atoms with Gasteiger partial charge in [0.15, 0.2) is 0 Å². The molecule has 4 nitrogen and oxygen atoms in total. The fourth-order valence-electron chi connectivity index (χ4n) is 4.83. The van der Waals surface area contributed by atoms with E-state index in [-0.39, 0.29) is 5.91 Å². The number of hydrogen-bond acceptors (Lipinski definition) is 4. The lowest BCUT2D eigenvalue weighted by atomic mass is 9.78. The van der Waals surface area contributed by atoms with Gasteiger partial charge in [0.2, 0.25) is 5.91 Å². The van der Waals surface area contributed by atoms with Crippen molar-refractivity contribution in [3.05, 3.63) is 52.7 Å². The van der Waals surface area contributed by atoms with Crippen LogP contribution >= 0.6 is 11.3 Å². The van der Waals surface area contributed by atoms with Crippen molar-refractivity contribution < 1.29 is 9.53 Å². The number of carbonyl (C=O) groups excluding carboxylic acids is 1. The second-order valence-electron chi connectivity index (χ2n) is 8.22. The predicted molar refractivity (Wildman–Crippen MR) is 113 cm³/mol. The molecule has 28 heavy (non-hydrogen) atoms. The molecule has 2 aliphatic heterocycles. The summed E-state index contributed by atoms with van der Waals surface area (Å²) < 4.78 is 6.16. The van der Waals surface area contributed by atoms with Crippen LogP contribution < -0.4 is 4.74 Å². The lowest BCUT2D eigenvalue weighted by Gasteiger charge is -2.36. The first kappa shape index (κ1) is 19.5. The second kappa shape index (κ2) is 9.10. The number of hydrogen-bond donors (Lipinski definition) is 0. The van der Waals surface area contributed by atoms with E-state index in [9.17, 15) is 4.79 Å². The van der Waals surface area contributed by atoms with Gasteiger partial charge in [-0.25, -0.2) is 0 Å². The number of nitrogens with zero attached hydrogens (tertiary/aromatic N) is 2. The summed E-state index contributed by atoms with van der Waals surface area (Å²) in [6.07, 6.45) is 2.25. The minimum atomic E-state index is 0.216. The Hall–Kier alpha value is -1.85. The maximum absolute atomic E-state index is 11.7. The van der Waals surface area contributed by atoms with E-state index in [2.05, 4.69) is 21.7 Å². The van der Waals surface area contributed by atoms with Crippen molar-refractivity contribution in [3.63, 3.8) is 0 Å². The Morgan fingerprint density at radius 3 is 2.61 bits per heavy atom. The summed E-state index contributed by atoms with van der Waals surface area (Å²) in [5.41, 5.74) is 1.42. The Labute approximate surface area is 172 Å². The molecule has 150 valence electrons. The van der Waals surface area contributed by atoms with Crippen LogP contribution in [0.1, 0.15) is 25.3 Å². The molecule has 0 bridgehead atoms. The van der Waals surface area contributed by atoms with Crippen LogP contribution in [-0.4, -0.2) is 48.5 Å². The van der Waals surface area contributed by atoms with E-state index < -0.39 is 0 Å². The van der Waals surface area contributed by atoms with E-state index >= 15 is 0 Å². The number of thiophene rings is 1.